The third-order valence-electron chi connectivity index (χ3n) is 12.4. The second-order valence-electron chi connectivity index (χ2n) is 19.2. The van der Waals surface area contributed by atoms with Crippen molar-refractivity contribution >= 4 is 11.9 Å². The van der Waals surface area contributed by atoms with Crippen LogP contribution in [0.1, 0.15) is 278 Å². The van der Waals surface area contributed by atoms with Crippen LogP contribution < -0.4 is 0 Å². The predicted molar refractivity (Wildman–Crippen MR) is 297 cm³/mol. The fourth-order valence-corrected chi connectivity index (χ4v) is 8.06. The van der Waals surface area contributed by atoms with Gasteiger partial charge in [-0.15, -0.1) is 0 Å². The Morgan fingerprint density at radius 1 is 0.338 bits per heavy atom. The maximum absolute atomic E-state index is 12.9. The van der Waals surface area contributed by atoms with Crippen LogP contribution >= 0.6 is 0 Å². The summed E-state index contributed by atoms with van der Waals surface area (Å²) in [6.45, 7) is 7.67. The highest BCUT2D eigenvalue weighted by Crippen LogP contribution is 2.14. The zero-order valence-corrected chi connectivity index (χ0v) is 45.1. The monoisotopic (exact) mass is 947 g/mol. The van der Waals surface area contributed by atoms with Crippen molar-refractivity contribution in [1.82, 2.24) is 0 Å². The van der Waals surface area contributed by atoms with E-state index >= 15 is 0 Å². The molecule has 68 heavy (non-hydrogen) atoms. The Kier molecular flexibility index (Phi) is 55.9. The first kappa shape index (κ1) is 65.1. The van der Waals surface area contributed by atoms with Gasteiger partial charge in [0.15, 0.2) is 6.10 Å². The van der Waals surface area contributed by atoms with E-state index in [2.05, 4.69) is 106 Å². The van der Waals surface area contributed by atoms with Crippen molar-refractivity contribution in [3.63, 3.8) is 0 Å². The standard InChI is InChI=1S/C63H110O5/c1-4-7-10-13-16-19-22-25-28-30-32-33-36-38-41-44-47-50-53-56-62(64)67-60-61(68-63(65)57-54-51-48-45-42-39-35-27-24-21-18-15-12-9-6-3)59-66-58-55-52-49-46-43-40-37-34-31-29-26-23-20-17-14-11-8-5-2/h8,11,16-17,19-20,25-29,32-33,35,61H,4-7,9-10,12-15,18,21-24,30-31,34,36-60H2,1-3H3/b11-8-,19-16-,20-17-,28-25-,29-26-,33-32-,35-27-. The third-order valence-corrected chi connectivity index (χ3v) is 12.4. The van der Waals surface area contributed by atoms with Gasteiger partial charge in [-0.3, -0.25) is 9.59 Å². The highest BCUT2D eigenvalue weighted by Gasteiger charge is 2.17. The van der Waals surface area contributed by atoms with Gasteiger partial charge in [-0.05, 0) is 116 Å². The van der Waals surface area contributed by atoms with Crippen molar-refractivity contribution in [3.8, 4) is 0 Å². The van der Waals surface area contributed by atoms with Gasteiger partial charge in [0.05, 0.1) is 6.61 Å². The lowest BCUT2D eigenvalue weighted by Gasteiger charge is -2.18. The van der Waals surface area contributed by atoms with Crippen LogP contribution in [0.2, 0.25) is 0 Å². The zero-order chi connectivity index (χ0) is 49.2. The van der Waals surface area contributed by atoms with E-state index in [0.717, 1.165) is 96.3 Å². The van der Waals surface area contributed by atoms with Gasteiger partial charge in [0.1, 0.15) is 6.61 Å². The number of hydrogen-bond donors (Lipinski definition) is 0. The molecule has 0 aromatic carbocycles. The number of carbonyl (C=O) groups is 2. The Morgan fingerprint density at radius 3 is 1.10 bits per heavy atom. The lowest BCUT2D eigenvalue weighted by Crippen LogP contribution is -2.30. The average Bonchev–Trinajstić information content (AvgIpc) is 3.34. The molecule has 0 aromatic rings. The molecule has 0 aliphatic rings. The molecule has 0 radical (unpaired) electrons. The van der Waals surface area contributed by atoms with E-state index < -0.39 is 6.10 Å². The molecule has 0 N–H and O–H groups in total. The van der Waals surface area contributed by atoms with E-state index in [0.29, 0.717) is 19.4 Å². The van der Waals surface area contributed by atoms with Crippen molar-refractivity contribution in [1.29, 1.82) is 0 Å². The topological polar surface area (TPSA) is 61.8 Å². The van der Waals surface area contributed by atoms with Crippen molar-refractivity contribution in [2.75, 3.05) is 19.8 Å². The summed E-state index contributed by atoms with van der Waals surface area (Å²) in [5.74, 6) is -0.420. The molecule has 392 valence electrons. The number of rotatable bonds is 53. The quantitative estimate of drug-likeness (QED) is 0.0345. The SMILES string of the molecule is CC/C=C\C/C=C\C/C=C\CCCCCCCCCCOCC(COC(=O)CCCCCCCC/C=C\C/C=C\C/C=C\CCCCC)OC(=O)CCCCCCC/C=C\CCCCCCCC. The highest BCUT2D eigenvalue weighted by atomic mass is 16.6. The first-order chi connectivity index (χ1) is 33.6. The minimum absolute atomic E-state index is 0.0697. The van der Waals surface area contributed by atoms with Gasteiger partial charge in [-0.25, -0.2) is 0 Å². The Balaban J connectivity index is 4.32. The molecule has 5 heteroatoms. The summed E-state index contributed by atoms with van der Waals surface area (Å²) in [5, 5.41) is 0. The Hall–Kier alpha value is -2.92. The molecule has 0 aliphatic heterocycles. The van der Waals surface area contributed by atoms with Gasteiger partial charge in [0, 0.05) is 19.4 Å². The molecular formula is C63H110O5. The van der Waals surface area contributed by atoms with Crippen LogP contribution in [0.4, 0.5) is 0 Å². The second-order valence-corrected chi connectivity index (χ2v) is 19.2. The lowest BCUT2D eigenvalue weighted by molar-refractivity contribution is -0.163. The molecule has 0 saturated carbocycles. The minimum atomic E-state index is -0.554. The molecule has 0 heterocycles. The summed E-state index contributed by atoms with van der Waals surface area (Å²) in [5.41, 5.74) is 0. The van der Waals surface area contributed by atoms with Crippen molar-refractivity contribution in [3.05, 3.63) is 85.1 Å². The fourth-order valence-electron chi connectivity index (χ4n) is 8.06. The van der Waals surface area contributed by atoms with E-state index in [-0.39, 0.29) is 25.2 Å². The molecule has 0 spiro atoms. The molecule has 5 nitrogen and oxygen atoms in total. The number of allylic oxidation sites excluding steroid dienone is 14. The normalized spacial score (nSPS) is 12.8. The number of hydrogen-bond acceptors (Lipinski definition) is 5. The fraction of sp³-hybridized carbons (Fsp3) is 0.746. The largest absolute Gasteiger partial charge is 0.462 e. The van der Waals surface area contributed by atoms with Gasteiger partial charge in [-0.1, -0.05) is 234 Å². The maximum atomic E-state index is 12.9. The van der Waals surface area contributed by atoms with Crippen molar-refractivity contribution < 1.29 is 23.8 Å². The van der Waals surface area contributed by atoms with Gasteiger partial charge in [0.25, 0.3) is 0 Å². The average molecular weight is 948 g/mol. The third kappa shape index (κ3) is 55.7. The zero-order valence-electron chi connectivity index (χ0n) is 45.1. The number of esters is 2. The van der Waals surface area contributed by atoms with E-state index in [1.54, 1.807) is 0 Å². The Bertz CT molecular complexity index is 1250. The van der Waals surface area contributed by atoms with Crippen LogP contribution in [-0.2, 0) is 23.8 Å². The molecule has 1 atom stereocenters. The number of unbranched alkanes of at least 4 members (excludes halogenated alkanes) is 28. The number of carbonyl (C=O) groups excluding carboxylic acids is 2. The molecule has 0 aromatic heterocycles. The van der Waals surface area contributed by atoms with Crippen molar-refractivity contribution in [2.24, 2.45) is 0 Å². The van der Waals surface area contributed by atoms with Gasteiger partial charge in [-0.2, -0.15) is 0 Å². The number of ether oxygens (including phenoxy) is 3. The summed E-state index contributed by atoms with van der Waals surface area (Å²) in [6.07, 6.45) is 77.4. The van der Waals surface area contributed by atoms with Crippen LogP contribution in [0.25, 0.3) is 0 Å². The smallest absolute Gasteiger partial charge is 0.306 e. The van der Waals surface area contributed by atoms with Gasteiger partial charge >= 0.3 is 11.9 Å². The molecule has 0 saturated heterocycles. The van der Waals surface area contributed by atoms with Crippen LogP contribution in [-0.4, -0.2) is 37.9 Å². The molecule has 0 aliphatic carbocycles. The van der Waals surface area contributed by atoms with Gasteiger partial charge in [0.2, 0.25) is 0 Å². The van der Waals surface area contributed by atoms with Crippen molar-refractivity contribution in [2.45, 2.75) is 284 Å². The van der Waals surface area contributed by atoms with Crippen LogP contribution in [0.5, 0.6) is 0 Å². The molecule has 1 unspecified atom stereocenters. The molecule has 0 bridgehead atoms. The first-order valence-electron chi connectivity index (χ1n) is 29.1. The Labute approximate surface area is 422 Å². The highest BCUT2D eigenvalue weighted by molar-refractivity contribution is 5.70. The van der Waals surface area contributed by atoms with E-state index in [4.69, 9.17) is 14.2 Å². The van der Waals surface area contributed by atoms with Crippen LogP contribution in [0, 0.1) is 0 Å². The summed E-state index contributed by atoms with van der Waals surface area (Å²) in [4.78, 5) is 25.5. The summed E-state index contributed by atoms with van der Waals surface area (Å²) < 4.78 is 17.5. The van der Waals surface area contributed by atoms with Gasteiger partial charge < -0.3 is 14.2 Å². The van der Waals surface area contributed by atoms with E-state index in [1.807, 2.05) is 0 Å². The maximum Gasteiger partial charge on any atom is 0.306 e. The van der Waals surface area contributed by atoms with Crippen LogP contribution in [0.3, 0.4) is 0 Å². The molecule has 0 rings (SSSR count). The van der Waals surface area contributed by atoms with Crippen LogP contribution in [0.15, 0.2) is 85.1 Å². The second kappa shape index (κ2) is 58.4. The van der Waals surface area contributed by atoms with E-state index in [1.165, 1.54) is 148 Å². The van der Waals surface area contributed by atoms with E-state index in [9.17, 15) is 9.59 Å². The summed E-state index contributed by atoms with van der Waals surface area (Å²) in [7, 11) is 0. The molecular weight excluding hydrogens is 837 g/mol. The molecule has 0 amide bonds. The Morgan fingerprint density at radius 2 is 0.662 bits per heavy atom. The lowest BCUT2D eigenvalue weighted by atomic mass is 10.1. The summed E-state index contributed by atoms with van der Waals surface area (Å²) >= 11 is 0. The minimum Gasteiger partial charge on any atom is -0.462 e. The first-order valence-corrected chi connectivity index (χ1v) is 29.1. The predicted octanol–water partition coefficient (Wildman–Crippen LogP) is 20.0. The molecule has 0 fully saturated rings. The summed E-state index contributed by atoms with van der Waals surface area (Å²) in [6, 6.07) is 0.